The third-order valence-corrected chi connectivity index (χ3v) is 2.20. The SMILES string of the molecule is O=CC1=NOC2(CCNC2)C1. The van der Waals surface area contributed by atoms with Gasteiger partial charge in [0.15, 0.2) is 11.9 Å². The van der Waals surface area contributed by atoms with E-state index in [0.717, 1.165) is 25.8 Å². The maximum absolute atomic E-state index is 10.3. The molecule has 4 heteroatoms. The highest BCUT2D eigenvalue weighted by atomic mass is 16.7. The van der Waals surface area contributed by atoms with Gasteiger partial charge in [0.25, 0.3) is 0 Å². The summed E-state index contributed by atoms with van der Waals surface area (Å²) in [6.07, 6.45) is 2.39. The number of aldehydes is 1. The van der Waals surface area contributed by atoms with Crippen LogP contribution < -0.4 is 5.32 Å². The highest BCUT2D eigenvalue weighted by Crippen LogP contribution is 2.28. The quantitative estimate of drug-likeness (QED) is 0.527. The number of nitrogens with zero attached hydrogens (tertiary/aromatic N) is 1. The molecule has 1 N–H and O–H groups in total. The Bertz CT molecular complexity index is 206. The van der Waals surface area contributed by atoms with Crippen molar-refractivity contribution in [3.63, 3.8) is 0 Å². The van der Waals surface area contributed by atoms with Gasteiger partial charge in [0.2, 0.25) is 0 Å². The molecule has 0 saturated carbocycles. The van der Waals surface area contributed by atoms with Gasteiger partial charge >= 0.3 is 0 Å². The lowest BCUT2D eigenvalue weighted by molar-refractivity contribution is -0.102. The molecular formula is C7H10N2O2. The van der Waals surface area contributed by atoms with Gasteiger partial charge in [-0.1, -0.05) is 5.16 Å². The Morgan fingerprint density at radius 1 is 1.73 bits per heavy atom. The van der Waals surface area contributed by atoms with Crippen molar-refractivity contribution in [2.45, 2.75) is 18.4 Å². The van der Waals surface area contributed by atoms with Crippen molar-refractivity contribution in [2.75, 3.05) is 13.1 Å². The molecule has 4 nitrogen and oxygen atoms in total. The number of carbonyl (C=O) groups excluding carboxylic acids is 1. The van der Waals surface area contributed by atoms with E-state index in [1.54, 1.807) is 0 Å². The van der Waals surface area contributed by atoms with Crippen LogP contribution >= 0.6 is 0 Å². The minimum absolute atomic E-state index is 0.184. The van der Waals surface area contributed by atoms with Gasteiger partial charge in [-0.25, -0.2) is 0 Å². The monoisotopic (exact) mass is 154 g/mol. The van der Waals surface area contributed by atoms with E-state index in [2.05, 4.69) is 10.5 Å². The summed E-state index contributed by atoms with van der Waals surface area (Å²) in [7, 11) is 0. The van der Waals surface area contributed by atoms with Crippen LogP contribution in [-0.2, 0) is 9.63 Å². The minimum atomic E-state index is -0.184. The Morgan fingerprint density at radius 3 is 3.18 bits per heavy atom. The largest absolute Gasteiger partial charge is 0.387 e. The molecule has 11 heavy (non-hydrogen) atoms. The average Bonchev–Trinajstić information content (AvgIpc) is 2.62. The van der Waals surface area contributed by atoms with Crippen molar-refractivity contribution >= 4 is 12.0 Å². The second-order valence-corrected chi connectivity index (χ2v) is 3.08. The molecule has 2 aliphatic heterocycles. The molecule has 1 unspecified atom stereocenters. The summed E-state index contributed by atoms with van der Waals surface area (Å²) in [5.74, 6) is 0. The van der Waals surface area contributed by atoms with Crippen molar-refractivity contribution in [3.05, 3.63) is 0 Å². The predicted molar refractivity (Wildman–Crippen MR) is 39.4 cm³/mol. The lowest BCUT2D eigenvalue weighted by Crippen LogP contribution is -2.31. The Morgan fingerprint density at radius 2 is 2.64 bits per heavy atom. The Hall–Kier alpha value is -0.900. The predicted octanol–water partition coefficient (Wildman–Crippen LogP) is -0.306. The van der Waals surface area contributed by atoms with Crippen LogP contribution in [0.2, 0.25) is 0 Å². The van der Waals surface area contributed by atoms with E-state index in [1.165, 1.54) is 0 Å². The van der Waals surface area contributed by atoms with Crippen LogP contribution in [0.1, 0.15) is 12.8 Å². The molecule has 60 valence electrons. The summed E-state index contributed by atoms with van der Waals surface area (Å²) in [6, 6.07) is 0. The van der Waals surface area contributed by atoms with Gasteiger partial charge in [-0.2, -0.15) is 0 Å². The second kappa shape index (κ2) is 2.30. The molecule has 0 amide bonds. The van der Waals surface area contributed by atoms with Crippen LogP contribution in [-0.4, -0.2) is 30.7 Å². The summed E-state index contributed by atoms with van der Waals surface area (Å²) in [5.41, 5.74) is 0.352. The zero-order valence-electron chi connectivity index (χ0n) is 6.17. The van der Waals surface area contributed by atoms with Gasteiger partial charge in [0.1, 0.15) is 5.71 Å². The third kappa shape index (κ3) is 1.03. The first-order valence-corrected chi connectivity index (χ1v) is 3.76. The number of rotatable bonds is 1. The van der Waals surface area contributed by atoms with Gasteiger partial charge in [-0.3, -0.25) is 4.79 Å². The maximum Gasteiger partial charge on any atom is 0.167 e. The summed E-state index contributed by atoms with van der Waals surface area (Å²) in [5, 5.41) is 6.88. The first-order valence-electron chi connectivity index (χ1n) is 3.76. The van der Waals surface area contributed by atoms with E-state index >= 15 is 0 Å². The number of carbonyl (C=O) groups is 1. The molecule has 2 rings (SSSR count). The molecule has 2 heterocycles. The normalized spacial score (nSPS) is 35.5. The number of hydrogen-bond donors (Lipinski definition) is 1. The zero-order chi connectivity index (χ0) is 7.73. The smallest absolute Gasteiger partial charge is 0.167 e. The van der Waals surface area contributed by atoms with Crippen LogP contribution in [0.5, 0.6) is 0 Å². The molecule has 1 fully saturated rings. The van der Waals surface area contributed by atoms with E-state index in [1.807, 2.05) is 0 Å². The number of hydrogen-bond acceptors (Lipinski definition) is 4. The van der Waals surface area contributed by atoms with Crippen LogP contribution in [0, 0.1) is 0 Å². The van der Waals surface area contributed by atoms with Crippen LogP contribution in [0.15, 0.2) is 5.16 Å². The Kier molecular flexibility index (Phi) is 1.42. The summed E-state index contributed by atoms with van der Waals surface area (Å²) in [6.45, 7) is 1.77. The maximum atomic E-state index is 10.3. The lowest BCUT2D eigenvalue weighted by Gasteiger charge is -2.17. The highest BCUT2D eigenvalue weighted by molar-refractivity contribution is 6.28. The van der Waals surface area contributed by atoms with Crippen molar-refractivity contribution in [1.82, 2.24) is 5.32 Å². The molecule has 2 aliphatic rings. The lowest BCUT2D eigenvalue weighted by atomic mass is 9.97. The van der Waals surface area contributed by atoms with Gasteiger partial charge in [0.05, 0.1) is 0 Å². The van der Waals surface area contributed by atoms with Crippen LogP contribution in [0.4, 0.5) is 0 Å². The van der Waals surface area contributed by atoms with Crippen molar-refractivity contribution in [3.8, 4) is 0 Å². The molecule has 0 aromatic rings. The van der Waals surface area contributed by atoms with Crippen LogP contribution in [0.25, 0.3) is 0 Å². The van der Waals surface area contributed by atoms with Gasteiger partial charge in [-0.15, -0.1) is 0 Å². The molecule has 1 spiro atoms. The van der Waals surface area contributed by atoms with Crippen molar-refractivity contribution in [1.29, 1.82) is 0 Å². The summed E-state index contributed by atoms with van der Waals surface area (Å²) < 4.78 is 0. The molecule has 0 bridgehead atoms. The fourth-order valence-corrected chi connectivity index (χ4v) is 1.56. The Balaban J connectivity index is 2.06. The number of nitrogens with one attached hydrogen (secondary N) is 1. The number of oxime groups is 1. The first-order chi connectivity index (χ1) is 5.35. The van der Waals surface area contributed by atoms with Crippen molar-refractivity contribution in [2.24, 2.45) is 5.16 Å². The van der Waals surface area contributed by atoms with Gasteiger partial charge < -0.3 is 10.2 Å². The summed E-state index contributed by atoms with van der Waals surface area (Å²) in [4.78, 5) is 15.5. The minimum Gasteiger partial charge on any atom is -0.387 e. The molecule has 1 saturated heterocycles. The zero-order valence-corrected chi connectivity index (χ0v) is 6.17. The average molecular weight is 154 g/mol. The van der Waals surface area contributed by atoms with Gasteiger partial charge in [0, 0.05) is 19.4 Å². The van der Waals surface area contributed by atoms with Crippen LogP contribution in [0.3, 0.4) is 0 Å². The van der Waals surface area contributed by atoms with E-state index in [0.29, 0.717) is 12.1 Å². The van der Waals surface area contributed by atoms with E-state index in [-0.39, 0.29) is 5.60 Å². The highest BCUT2D eigenvalue weighted by Gasteiger charge is 2.41. The standard InChI is InChI=1S/C7H10N2O2/c10-4-6-3-7(11-9-6)1-2-8-5-7/h4,8H,1-3,5H2. The fourth-order valence-electron chi connectivity index (χ4n) is 1.56. The molecule has 0 aromatic heterocycles. The molecule has 1 atom stereocenters. The molecular weight excluding hydrogens is 144 g/mol. The van der Waals surface area contributed by atoms with Crippen molar-refractivity contribution < 1.29 is 9.63 Å². The van der Waals surface area contributed by atoms with E-state index in [4.69, 9.17) is 4.84 Å². The summed E-state index contributed by atoms with van der Waals surface area (Å²) >= 11 is 0. The van der Waals surface area contributed by atoms with Gasteiger partial charge in [-0.05, 0) is 6.54 Å². The topological polar surface area (TPSA) is 50.7 Å². The Labute approximate surface area is 64.6 Å². The molecule has 0 aliphatic carbocycles. The molecule has 0 aromatic carbocycles. The fraction of sp³-hybridized carbons (Fsp3) is 0.714. The first kappa shape index (κ1) is 6.79. The molecule has 0 radical (unpaired) electrons. The van der Waals surface area contributed by atoms with E-state index < -0.39 is 0 Å². The second-order valence-electron chi connectivity index (χ2n) is 3.08. The third-order valence-electron chi connectivity index (χ3n) is 2.20. The van der Waals surface area contributed by atoms with E-state index in [9.17, 15) is 4.79 Å².